The second-order valence-corrected chi connectivity index (χ2v) is 4.42. The number of nitrogens with one attached hydrogen (secondary N) is 1. The summed E-state index contributed by atoms with van der Waals surface area (Å²) < 4.78 is 28.0. The predicted octanol–water partition coefficient (Wildman–Crippen LogP) is 2.59. The molecule has 1 aromatic heterocycles. The van der Waals surface area contributed by atoms with E-state index in [4.69, 9.17) is 5.11 Å². The molecule has 7 heteroatoms. The number of carboxylic acid groups (broad SMARTS) is 1. The van der Waals surface area contributed by atoms with Gasteiger partial charge in [0.1, 0.15) is 17.6 Å². The van der Waals surface area contributed by atoms with Gasteiger partial charge in [-0.05, 0) is 24.5 Å². The third-order valence-electron chi connectivity index (χ3n) is 2.29. The number of hydrogen-bond acceptors (Lipinski definition) is 4. The van der Waals surface area contributed by atoms with Gasteiger partial charge in [0.15, 0.2) is 0 Å². The standard InChI is InChI=1S/C12H16F2N2O3/c1-7(2)5-9(11(17)18)16-10-4-3-8(6-15-10)19-12(13)14/h3-4,6-7,9,12H,5H2,1-2H3,(H,15,16)(H,17,18). The molecule has 1 rings (SSSR count). The Morgan fingerprint density at radius 3 is 2.58 bits per heavy atom. The van der Waals surface area contributed by atoms with Crippen molar-refractivity contribution >= 4 is 11.8 Å². The lowest BCUT2D eigenvalue weighted by atomic mass is 10.0. The van der Waals surface area contributed by atoms with Crippen LogP contribution < -0.4 is 10.1 Å². The van der Waals surface area contributed by atoms with Crippen LogP contribution in [0.4, 0.5) is 14.6 Å². The Bertz CT molecular complexity index is 410. The molecule has 1 heterocycles. The Morgan fingerprint density at radius 2 is 2.16 bits per heavy atom. The number of anilines is 1. The zero-order valence-electron chi connectivity index (χ0n) is 10.6. The van der Waals surface area contributed by atoms with E-state index in [0.717, 1.165) is 6.20 Å². The van der Waals surface area contributed by atoms with Gasteiger partial charge in [-0.2, -0.15) is 8.78 Å². The minimum absolute atomic E-state index is 0.0729. The molecule has 1 atom stereocenters. The first-order chi connectivity index (χ1) is 8.88. The van der Waals surface area contributed by atoms with E-state index in [-0.39, 0.29) is 11.7 Å². The summed E-state index contributed by atoms with van der Waals surface area (Å²) >= 11 is 0. The Labute approximate surface area is 109 Å². The molecule has 1 aromatic rings. The van der Waals surface area contributed by atoms with Crippen molar-refractivity contribution in [2.24, 2.45) is 5.92 Å². The lowest BCUT2D eigenvalue weighted by Gasteiger charge is -2.17. The lowest BCUT2D eigenvalue weighted by molar-refractivity contribution is -0.138. The maximum absolute atomic E-state index is 11.9. The molecule has 0 aliphatic rings. The van der Waals surface area contributed by atoms with Crippen LogP contribution in [0.2, 0.25) is 0 Å². The molecule has 0 bridgehead atoms. The van der Waals surface area contributed by atoms with Gasteiger partial charge in [-0.1, -0.05) is 13.8 Å². The summed E-state index contributed by atoms with van der Waals surface area (Å²) in [6.07, 6.45) is 1.55. The third-order valence-corrected chi connectivity index (χ3v) is 2.29. The fraction of sp³-hybridized carbons (Fsp3) is 0.500. The van der Waals surface area contributed by atoms with Gasteiger partial charge in [0.05, 0.1) is 6.20 Å². The normalized spacial score (nSPS) is 12.5. The van der Waals surface area contributed by atoms with Crippen LogP contribution in [0.25, 0.3) is 0 Å². The Morgan fingerprint density at radius 1 is 1.47 bits per heavy atom. The molecule has 5 nitrogen and oxygen atoms in total. The van der Waals surface area contributed by atoms with Crippen molar-refractivity contribution < 1.29 is 23.4 Å². The summed E-state index contributed by atoms with van der Waals surface area (Å²) in [7, 11) is 0. The molecule has 0 spiro atoms. The maximum atomic E-state index is 11.9. The lowest BCUT2D eigenvalue weighted by Crippen LogP contribution is -2.31. The van der Waals surface area contributed by atoms with Crippen molar-refractivity contribution in [3.05, 3.63) is 18.3 Å². The number of aromatic nitrogens is 1. The summed E-state index contributed by atoms with van der Waals surface area (Å²) in [5.74, 6) is -0.551. The summed E-state index contributed by atoms with van der Waals surface area (Å²) in [4.78, 5) is 14.9. The quantitative estimate of drug-likeness (QED) is 0.799. The molecule has 0 amide bonds. The van der Waals surface area contributed by atoms with Gasteiger partial charge in [-0.3, -0.25) is 0 Å². The predicted molar refractivity (Wildman–Crippen MR) is 65.4 cm³/mol. The van der Waals surface area contributed by atoms with E-state index < -0.39 is 18.6 Å². The maximum Gasteiger partial charge on any atom is 0.387 e. The summed E-state index contributed by atoms with van der Waals surface area (Å²) in [5.41, 5.74) is 0. The zero-order chi connectivity index (χ0) is 14.4. The summed E-state index contributed by atoms with van der Waals surface area (Å²) in [6.45, 7) is 0.906. The van der Waals surface area contributed by atoms with Crippen molar-refractivity contribution in [2.45, 2.75) is 32.9 Å². The van der Waals surface area contributed by atoms with Crippen LogP contribution in [-0.2, 0) is 4.79 Å². The van der Waals surface area contributed by atoms with Crippen molar-refractivity contribution in [3.63, 3.8) is 0 Å². The van der Waals surface area contributed by atoms with Gasteiger partial charge in [0, 0.05) is 0 Å². The van der Waals surface area contributed by atoms with E-state index in [2.05, 4.69) is 15.0 Å². The zero-order valence-corrected chi connectivity index (χ0v) is 10.6. The highest BCUT2D eigenvalue weighted by atomic mass is 19.3. The molecule has 19 heavy (non-hydrogen) atoms. The van der Waals surface area contributed by atoms with Gasteiger partial charge in [-0.15, -0.1) is 0 Å². The first-order valence-corrected chi connectivity index (χ1v) is 5.78. The largest absolute Gasteiger partial charge is 0.480 e. The fourth-order valence-corrected chi connectivity index (χ4v) is 1.51. The van der Waals surface area contributed by atoms with E-state index >= 15 is 0 Å². The average Bonchev–Trinajstić information content (AvgIpc) is 2.29. The van der Waals surface area contributed by atoms with Crippen LogP contribution in [0.5, 0.6) is 5.75 Å². The van der Waals surface area contributed by atoms with Crippen LogP contribution in [0.15, 0.2) is 18.3 Å². The fourth-order valence-electron chi connectivity index (χ4n) is 1.51. The number of rotatable bonds is 7. The van der Waals surface area contributed by atoms with Gasteiger partial charge in [-0.25, -0.2) is 9.78 Å². The number of halogens is 2. The molecule has 0 radical (unpaired) electrons. The van der Waals surface area contributed by atoms with E-state index in [0.29, 0.717) is 12.2 Å². The molecule has 0 aromatic carbocycles. The number of ether oxygens (including phenoxy) is 1. The first-order valence-electron chi connectivity index (χ1n) is 5.78. The highest BCUT2D eigenvalue weighted by molar-refractivity contribution is 5.76. The van der Waals surface area contributed by atoms with E-state index in [1.54, 1.807) is 0 Å². The average molecular weight is 274 g/mol. The molecule has 0 saturated carbocycles. The van der Waals surface area contributed by atoms with Crippen LogP contribution in [-0.4, -0.2) is 28.7 Å². The highest BCUT2D eigenvalue weighted by Gasteiger charge is 2.19. The number of pyridine rings is 1. The molecular weight excluding hydrogens is 258 g/mol. The molecule has 0 saturated heterocycles. The first kappa shape index (κ1) is 15.1. The number of carboxylic acids is 1. The number of nitrogens with zero attached hydrogens (tertiary/aromatic N) is 1. The summed E-state index contributed by atoms with van der Waals surface area (Å²) in [6, 6.07) is 1.93. The Balaban J connectivity index is 2.67. The van der Waals surface area contributed by atoms with Crippen LogP contribution in [0, 0.1) is 5.92 Å². The van der Waals surface area contributed by atoms with E-state index in [1.165, 1.54) is 12.1 Å². The second kappa shape index (κ2) is 6.86. The smallest absolute Gasteiger partial charge is 0.387 e. The van der Waals surface area contributed by atoms with Gasteiger partial charge in [0.2, 0.25) is 0 Å². The summed E-state index contributed by atoms with van der Waals surface area (Å²) in [5, 5.41) is 11.8. The van der Waals surface area contributed by atoms with Crippen LogP contribution >= 0.6 is 0 Å². The van der Waals surface area contributed by atoms with E-state index in [9.17, 15) is 13.6 Å². The molecule has 2 N–H and O–H groups in total. The number of hydrogen-bond donors (Lipinski definition) is 2. The molecular formula is C12H16F2N2O3. The van der Waals surface area contributed by atoms with Crippen molar-refractivity contribution in [2.75, 3.05) is 5.32 Å². The molecule has 0 aliphatic heterocycles. The molecule has 0 aliphatic carbocycles. The molecule has 106 valence electrons. The monoisotopic (exact) mass is 274 g/mol. The highest BCUT2D eigenvalue weighted by Crippen LogP contribution is 2.16. The SMILES string of the molecule is CC(C)CC(Nc1ccc(OC(F)F)cn1)C(=O)O. The van der Waals surface area contributed by atoms with Crippen LogP contribution in [0.3, 0.4) is 0 Å². The number of alkyl halides is 2. The van der Waals surface area contributed by atoms with Crippen LogP contribution in [0.1, 0.15) is 20.3 Å². The van der Waals surface area contributed by atoms with E-state index in [1.807, 2.05) is 13.8 Å². The number of carbonyl (C=O) groups is 1. The second-order valence-electron chi connectivity index (χ2n) is 4.42. The molecule has 0 fully saturated rings. The van der Waals surface area contributed by atoms with Gasteiger partial charge < -0.3 is 15.2 Å². The third kappa shape index (κ3) is 5.50. The van der Waals surface area contributed by atoms with Crippen molar-refractivity contribution in [3.8, 4) is 5.75 Å². The number of aliphatic carboxylic acids is 1. The Hall–Kier alpha value is -1.92. The minimum Gasteiger partial charge on any atom is -0.480 e. The topological polar surface area (TPSA) is 71.5 Å². The van der Waals surface area contributed by atoms with Gasteiger partial charge in [0.25, 0.3) is 0 Å². The van der Waals surface area contributed by atoms with Crippen molar-refractivity contribution in [1.82, 2.24) is 4.98 Å². The van der Waals surface area contributed by atoms with Crippen molar-refractivity contribution in [1.29, 1.82) is 0 Å². The van der Waals surface area contributed by atoms with Gasteiger partial charge >= 0.3 is 12.6 Å². The Kier molecular flexibility index (Phi) is 5.47. The minimum atomic E-state index is -2.91. The molecule has 1 unspecified atom stereocenters.